The summed E-state index contributed by atoms with van der Waals surface area (Å²) in [4.78, 5) is 0. The first kappa shape index (κ1) is 25.1. The monoisotopic (exact) mass is 438 g/mol. The molecule has 2 aromatic carbocycles. The van der Waals surface area contributed by atoms with Gasteiger partial charge in [0.15, 0.2) is 0 Å². The third kappa shape index (κ3) is 5.97. The van der Waals surface area contributed by atoms with Crippen molar-refractivity contribution in [3.8, 4) is 11.8 Å². The first-order valence-electron chi connectivity index (χ1n) is 11.3. The molecule has 2 aromatic rings. The van der Waals surface area contributed by atoms with E-state index in [-0.39, 0.29) is 17.5 Å². The second kappa shape index (κ2) is 10.9. The predicted octanol–water partition coefficient (Wildman–Crippen LogP) is 7.08. The van der Waals surface area contributed by atoms with Crippen molar-refractivity contribution in [3.05, 3.63) is 65.7 Å². The maximum atomic E-state index is 10.4. The summed E-state index contributed by atoms with van der Waals surface area (Å²) in [5.41, 5.74) is 1.78. The third-order valence-corrected chi connectivity index (χ3v) is 10.7. The molecule has 0 radical (unpaired) electrons. The first-order chi connectivity index (χ1) is 14.7. The van der Waals surface area contributed by atoms with Gasteiger partial charge >= 0.3 is 0 Å². The number of nitriles is 1. The summed E-state index contributed by atoms with van der Waals surface area (Å²) < 4.78 is 12.3. The molecule has 0 fully saturated rings. The van der Waals surface area contributed by atoms with Crippen LogP contribution in [0.3, 0.4) is 0 Å². The van der Waals surface area contributed by atoms with E-state index in [1.54, 1.807) is 7.11 Å². The van der Waals surface area contributed by atoms with Gasteiger partial charge in [-0.2, -0.15) is 10.3 Å². The Morgan fingerprint density at radius 1 is 0.903 bits per heavy atom. The van der Waals surface area contributed by atoms with Crippen molar-refractivity contribution in [1.82, 2.24) is 5.06 Å². The quantitative estimate of drug-likeness (QED) is 0.294. The Morgan fingerprint density at radius 2 is 1.45 bits per heavy atom. The van der Waals surface area contributed by atoms with Crippen LogP contribution in [0.1, 0.15) is 64.6 Å². The largest absolute Gasteiger partial charge is 0.497 e. The number of ether oxygens (including phenoxy) is 1. The normalized spacial score (nSPS) is 14.2. The van der Waals surface area contributed by atoms with Crippen molar-refractivity contribution in [3.63, 3.8) is 0 Å². The molecule has 0 aromatic heterocycles. The van der Waals surface area contributed by atoms with Crippen molar-refractivity contribution in [2.75, 3.05) is 7.11 Å². The second-order valence-corrected chi connectivity index (χ2v) is 13.7. The van der Waals surface area contributed by atoms with Gasteiger partial charge in [-0.1, -0.05) is 63.2 Å². The molecule has 0 amide bonds. The highest BCUT2D eigenvalue weighted by Gasteiger charge is 2.42. The smallest absolute Gasteiger partial charge is 0.220 e. The zero-order valence-electron chi connectivity index (χ0n) is 20.2. The average molecular weight is 439 g/mol. The Bertz CT molecular complexity index is 828. The van der Waals surface area contributed by atoms with E-state index in [0.717, 1.165) is 35.0 Å². The average Bonchev–Trinajstić information content (AvgIpc) is 2.79. The third-order valence-electron chi connectivity index (χ3n) is 6.21. The maximum Gasteiger partial charge on any atom is 0.220 e. The van der Waals surface area contributed by atoms with Crippen LogP contribution >= 0.6 is 0 Å². The zero-order chi connectivity index (χ0) is 23.1. The lowest BCUT2D eigenvalue weighted by Gasteiger charge is -2.47. The van der Waals surface area contributed by atoms with Gasteiger partial charge in [0.1, 0.15) is 5.75 Å². The molecule has 0 spiro atoms. The van der Waals surface area contributed by atoms with Crippen molar-refractivity contribution in [2.45, 2.75) is 77.2 Å². The van der Waals surface area contributed by atoms with Gasteiger partial charge in [-0.15, -0.1) is 0 Å². The molecule has 5 heteroatoms. The number of hydrogen-bond donors (Lipinski definition) is 0. The molecule has 0 bridgehead atoms. The minimum Gasteiger partial charge on any atom is -0.497 e. The minimum absolute atomic E-state index is 0.226. The summed E-state index contributed by atoms with van der Waals surface area (Å²) in [5.74, 6) is 0.403. The first-order valence-corrected chi connectivity index (χ1v) is 13.8. The SMILES string of the molecule is CC[Si](CC)(CC)ON(C(c1ccccc1)C(C#N)c1ccc(OC)cc1)C(C)(C)C. The van der Waals surface area contributed by atoms with Gasteiger partial charge < -0.3 is 9.26 Å². The van der Waals surface area contributed by atoms with E-state index in [4.69, 9.17) is 9.26 Å². The van der Waals surface area contributed by atoms with Crippen LogP contribution in [0, 0.1) is 11.3 Å². The van der Waals surface area contributed by atoms with Crippen LogP contribution in [0.15, 0.2) is 54.6 Å². The molecule has 168 valence electrons. The summed E-state index contributed by atoms with van der Waals surface area (Å²) in [5, 5.41) is 12.5. The fourth-order valence-corrected chi connectivity index (χ4v) is 6.71. The molecule has 31 heavy (non-hydrogen) atoms. The highest BCUT2D eigenvalue weighted by molar-refractivity contribution is 6.73. The number of benzene rings is 2. The van der Waals surface area contributed by atoms with Gasteiger partial charge in [-0.25, -0.2) is 0 Å². The molecular weight excluding hydrogens is 400 g/mol. The molecule has 0 aliphatic rings. The molecule has 2 unspecified atom stereocenters. The Balaban J connectivity index is 2.64. The number of hydrogen-bond acceptors (Lipinski definition) is 4. The van der Waals surface area contributed by atoms with Crippen molar-refractivity contribution < 1.29 is 9.26 Å². The Hall–Kier alpha value is -2.13. The van der Waals surface area contributed by atoms with Crippen LogP contribution in [0.2, 0.25) is 18.1 Å². The van der Waals surface area contributed by atoms with Crippen LogP contribution in [0.5, 0.6) is 5.75 Å². The Morgan fingerprint density at radius 3 is 1.87 bits per heavy atom. The highest BCUT2D eigenvalue weighted by atomic mass is 28.4. The fourth-order valence-electron chi connectivity index (χ4n) is 4.02. The Labute approximate surface area is 189 Å². The van der Waals surface area contributed by atoms with Gasteiger partial charge in [0.25, 0.3) is 0 Å². The van der Waals surface area contributed by atoms with Gasteiger partial charge in [0.05, 0.1) is 25.1 Å². The van der Waals surface area contributed by atoms with E-state index in [2.05, 4.69) is 64.8 Å². The number of nitrogens with zero attached hydrogens (tertiary/aromatic N) is 2. The van der Waals surface area contributed by atoms with Crippen LogP contribution in [0.4, 0.5) is 0 Å². The summed E-state index contributed by atoms with van der Waals surface area (Å²) >= 11 is 0. The van der Waals surface area contributed by atoms with Crippen LogP contribution < -0.4 is 4.74 Å². The molecule has 0 heterocycles. The summed E-state index contributed by atoms with van der Waals surface area (Å²) in [7, 11) is -0.308. The lowest BCUT2D eigenvalue weighted by atomic mass is 9.86. The van der Waals surface area contributed by atoms with Crippen LogP contribution in [-0.2, 0) is 4.53 Å². The molecule has 0 aliphatic heterocycles. The predicted molar refractivity (Wildman–Crippen MR) is 130 cm³/mol. The van der Waals surface area contributed by atoms with Crippen molar-refractivity contribution >= 4 is 8.32 Å². The van der Waals surface area contributed by atoms with Crippen LogP contribution in [0.25, 0.3) is 0 Å². The molecule has 0 saturated carbocycles. The summed E-state index contributed by atoms with van der Waals surface area (Å²) in [6, 6.07) is 23.7. The standard InChI is InChI=1S/C26H38N2O2Si/c1-8-31(9-2,10-3)30-28(26(4,5)6)25(22-14-12-11-13-15-22)24(20-27)21-16-18-23(29-7)19-17-21/h11-19,24-25H,8-10H2,1-7H3. The maximum absolute atomic E-state index is 10.4. The van der Waals surface area contributed by atoms with E-state index < -0.39 is 8.32 Å². The summed E-state index contributed by atoms with van der Waals surface area (Å²) in [6.45, 7) is 13.2. The molecule has 2 rings (SSSR count). The molecule has 0 aliphatic carbocycles. The number of rotatable bonds is 10. The highest BCUT2D eigenvalue weighted by Crippen LogP contribution is 2.42. The van der Waals surface area contributed by atoms with E-state index >= 15 is 0 Å². The summed E-state index contributed by atoms with van der Waals surface area (Å²) in [6.07, 6.45) is 0. The van der Waals surface area contributed by atoms with E-state index in [1.807, 2.05) is 42.5 Å². The molecule has 2 atom stereocenters. The van der Waals surface area contributed by atoms with Crippen LogP contribution in [-0.4, -0.2) is 26.0 Å². The Kier molecular flexibility index (Phi) is 8.87. The minimum atomic E-state index is -1.96. The lowest BCUT2D eigenvalue weighted by Crippen LogP contribution is -2.53. The van der Waals surface area contributed by atoms with Gasteiger partial charge in [0, 0.05) is 5.54 Å². The van der Waals surface area contributed by atoms with Gasteiger partial charge in [0.2, 0.25) is 8.32 Å². The van der Waals surface area contributed by atoms with E-state index in [0.29, 0.717) is 0 Å². The lowest BCUT2D eigenvalue weighted by molar-refractivity contribution is -0.174. The van der Waals surface area contributed by atoms with Gasteiger partial charge in [-0.3, -0.25) is 0 Å². The topological polar surface area (TPSA) is 45.5 Å². The number of hydroxylamine groups is 2. The zero-order valence-corrected chi connectivity index (χ0v) is 21.2. The molecule has 4 nitrogen and oxygen atoms in total. The van der Waals surface area contributed by atoms with E-state index in [1.165, 1.54) is 0 Å². The molecule has 0 saturated heterocycles. The van der Waals surface area contributed by atoms with Crippen molar-refractivity contribution in [2.24, 2.45) is 0 Å². The molecule has 0 N–H and O–H groups in total. The fraction of sp³-hybridized carbons (Fsp3) is 0.500. The van der Waals surface area contributed by atoms with Gasteiger partial charge in [-0.05, 0) is 62.2 Å². The van der Waals surface area contributed by atoms with Crippen molar-refractivity contribution in [1.29, 1.82) is 5.26 Å². The number of methoxy groups -OCH3 is 1. The molecular formula is C26H38N2O2Si. The van der Waals surface area contributed by atoms with E-state index in [9.17, 15) is 5.26 Å². The second-order valence-electron chi connectivity index (χ2n) is 9.07.